The van der Waals surface area contributed by atoms with E-state index in [1.807, 2.05) is 0 Å². The SMILES string of the molecule is COc1cccc(C(=O)N(c2ccc(Cl)cc2)[C@@H]2C=CS(=O)(=O)C2)c1. The summed E-state index contributed by atoms with van der Waals surface area (Å²) in [5.74, 6) is 0.0928. The molecular formula is C18H16ClNO4S. The number of carbonyl (C=O) groups excluding carboxylic acids is 1. The van der Waals surface area contributed by atoms with Gasteiger partial charge in [-0.15, -0.1) is 0 Å². The molecule has 0 aliphatic carbocycles. The summed E-state index contributed by atoms with van der Waals surface area (Å²) in [4.78, 5) is 14.6. The number of carbonyl (C=O) groups is 1. The first-order valence-corrected chi connectivity index (χ1v) is 9.63. The smallest absolute Gasteiger partial charge is 0.258 e. The monoisotopic (exact) mass is 377 g/mol. The van der Waals surface area contributed by atoms with Gasteiger partial charge in [0, 0.05) is 21.7 Å². The summed E-state index contributed by atoms with van der Waals surface area (Å²) in [6.45, 7) is 0. The van der Waals surface area contributed by atoms with Crippen LogP contribution in [0, 0.1) is 0 Å². The Kier molecular flexibility index (Phi) is 4.83. The molecule has 25 heavy (non-hydrogen) atoms. The van der Waals surface area contributed by atoms with Crippen molar-refractivity contribution in [3.63, 3.8) is 0 Å². The fourth-order valence-corrected chi connectivity index (χ4v) is 4.07. The molecule has 3 rings (SSSR count). The first kappa shape index (κ1) is 17.5. The van der Waals surface area contributed by atoms with E-state index in [4.69, 9.17) is 16.3 Å². The first-order chi connectivity index (χ1) is 11.9. The predicted octanol–water partition coefficient (Wildman–Crippen LogP) is 3.31. The van der Waals surface area contributed by atoms with Crippen molar-refractivity contribution >= 4 is 33.0 Å². The number of ether oxygens (including phenoxy) is 1. The van der Waals surface area contributed by atoms with Crippen molar-refractivity contribution in [1.29, 1.82) is 0 Å². The molecule has 1 aliphatic rings. The number of hydrogen-bond donors (Lipinski definition) is 0. The quantitative estimate of drug-likeness (QED) is 0.820. The highest BCUT2D eigenvalue weighted by atomic mass is 35.5. The second kappa shape index (κ2) is 6.90. The lowest BCUT2D eigenvalue weighted by Crippen LogP contribution is -2.41. The van der Waals surface area contributed by atoms with E-state index >= 15 is 0 Å². The summed E-state index contributed by atoms with van der Waals surface area (Å²) in [5, 5.41) is 1.69. The number of nitrogens with zero attached hydrogens (tertiary/aromatic N) is 1. The van der Waals surface area contributed by atoms with E-state index in [2.05, 4.69) is 0 Å². The van der Waals surface area contributed by atoms with Crippen LogP contribution < -0.4 is 9.64 Å². The lowest BCUT2D eigenvalue weighted by molar-refractivity contribution is 0.0983. The van der Waals surface area contributed by atoms with Gasteiger partial charge in [0.2, 0.25) is 0 Å². The molecule has 2 aromatic rings. The minimum Gasteiger partial charge on any atom is -0.497 e. The van der Waals surface area contributed by atoms with Crippen LogP contribution in [0.15, 0.2) is 60.0 Å². The van der Waals surface area contributed by atoms with E-state index in [-0.39, 0.29) is 11.7 Å². The van der Waals surface area contributed by atoms with Gasteiger partial charge in [-0.1, -0.05) is 17.7 Å². The highest BCUT2D eigenvalue weighted by Gasteiger charge is 2.32. The molecule has 0 saturated heterocycles. The van der Waals surface area contributed by atoms with Crippen LogP contribution in [-0.2, 0) is 9.84 Å². The van der Waals surface area contributed by atoms with Crippen molar-refractivity contribution in [3.05, 3.63) is 70.6 Å². The molecular weight excluding hydrogens is 362 g/mol. The number of amides is 1. The van der Waals surface area contributed by atoms with Gasteiger partial charge < -0.3 is 9.64 Å². The van der Waals surface area contributed by atoms with Crippen molar-refractivity contribution in [2.45, 2.75) is 6.04 Å². The van der Waals surface area contributed by atoms with Gasteiger partial charge in [-0.05, 0) is 48.5 Å². The molecule has 5 nitrogen and oxygen atoms in total. The summed E-state index contributed by atoms with van der Waals surface area (Å²) in [6, 6.07) is 12.9. The molecule has 130 valence electrons. The maximum Gasteiger partial charge on any atom is 0.258 e. The van der Waals surface area contributed by atoms with E-state index in [0.29, 0.717) is 22.0 Å². The van der Waals surface area contributed by atoms with Gasteiger partial charge in [-0.3, -0.25) is 4.79 Å². The first-order valence-electron chi connectivity index (χ1n) is 7.54. The van der Waals surface area contributed by atoms with E-state index in [1.165, 1.54) is 18.1 Å². The Hall–Kier alpha value is -2.31. The minimum absolute atomic E-state index is 0.147. The second-order valence-electron chi connectivity index (χ2n) is 5.61. The van der Waals surface area contributed by atoms with Crippen LogP contribution in [0.3, 0.4) is 0 Å². The molecule has 1 aliphatic heterocycles. The molecule has 0 bridgehead atoms. The third-order valence-electron chi connectivity index (χ3n) is 3.88. The van der Waals surface area contributed by atoms with Crippen LogP contribution in [0.1, 0.15) is 10.4 Å². The Labute approximate surface area is 151 Å². The fourth-order valence-electron chi connectivity index (χ4n) is 2.68. The molecule has 0 unspecified atom stereocenters. The number of hydrogen-bond acceptors (Lipinski definition) is 4. The number of benzene rings is 2. The molecule has 0 saturated carbocycles. The van der Waals surface area contributed by atoms with Crippen molar-refractivity contribution < 1.29 is 17.9 Å². The molecule has 2 aromatic carbocycles. The lowest BCUT2D eigenvalue weighted by atomic mass is 10.1. The normalized spacial score (nSPS) is 18.1. The van der Waals surface area contributed by atoms with E-state index in [1.54, 1.807) is 48.5 Å². The van der Waals surface area contributed by atoms with Gasteiger partial charge in [0.1, 0.15) is 5.75 Å². The van der Waals surface area contributed by atoms with Crippen molar-refractivity contribution in [1.82, 2.24) is 0 Å². The maximum atomic E-state index is 13.1. The summed E-state index contributed by atoms with van der Waals surface area (Å²) in [7, 11) is -1.79. The Morgan fingerprint density at radius 3 is 2.52 bits per heavy atom. The Bertz CT molecular complexity index is 922. The highest BCUT2D eigenvalue weighted by molar-refractivity contribution is 7.94. The molecule has 0 N–H and O–H groups in total. The topological polar surface area (TPSA) is 63.7 Å². The third kappa shape index (κ3) is 3.86. The number of halogens is 1. The van der Waals surface area contributed by atoms with Gasteiger partial charge in [-0.2, -0.15) is 0 Å². The number of rotatable bonds is 4. The number of methoxy groups -OCH3 is 1. The fraction of sp³-hybridized carbons (Fsp3) is 0.167. The van der Waals surface area contributed by atoms with Crippen molar-refractivity contribution in [3.8, 4) is 5.75 Å². The van der Waals surface area contributed by atoms with Crippen LogP contribution in [0.2, 0.25) is 5.02 Å². The average molecular weight is 378 g/mol. The summed E-state index contributed by atoms with van der Waals surface area (Å²) in [6.07, 6.45) is 1.53. The molecule has 0 aromatic heterocycles. The van der Waals surface area contributed by atoms with Crippen LogP contribution in [0.4, 0.5) is 5.69 Å². The summed E-state index contributed by atoms with van der Waals surface area (Å²) >= 11 is 5.93. The largest absolute Gasteiger partial charge is 0.497 e. The van der Waals surface area contributed by atoms with E-state index < -0.39 is 15.9 Å². The Morgan fingerprint density at radius 1 is 1.20 bits per heavy atom. The van der Waals surface area contributed by atoms with Gasteiger partial charge in [0.25, 0.3) is 5.91 Å². The molecule has 1 heterocycles. The zero-order chi connectivity index (χ0) is 18.0. The Morgan fingerprint density at radius 2 is 1.92 bits per heavy atom. The molecule has 0 fully saturated rings. The van der Waals surface area contributed by atoms with Crippen LogP contribution in [0.5, 0.6) is 5.75 Å². The highest BCUT2D eigenvalue weighted by Crippen LogP contribution is 2.27. The molecule has 1 atom stereocenters. The van der Waals surface area contributed by atoms with Crippen molar-refractivity contribution in [2.24, 2.45) is 0 Å². The Balaban J connectivity index is 2.02. The standard InChI is InChI=1S/C18H16ClNO4S/c1-24-17-4-2-3-13(11-17)18(21)20(15-7-5-14(19)6-8-15)16-9-10-25(22,23)12-16/h2-11,16H,12H2,1H3/t16-/m1/s1. The van der Waals surface area contributed by atoms with Crippen molar-refractivity contribution in [2.75, 3.05) is 17.8 Å². The maximum absolute atomic E-state index is 13.1. The number of sulfone groups is 1. The van der Waals surface area contributed by atoms with Gasteiger partial charge >= 0.3 is 0 Å². The molecule has 7 heteroatoms. The zero-order valence-corrected chi connectivity index (χ0v) is 15.0. The van der Waals surface area contributed by atoms with Gasteiger partial charge in [-0.25, -0.2) is 8.42 Å². The molecule has 0 radical (unpaired) electrons. The van der Waals surface area contributed by atoms with E-state index in [9.17, 15) is 13.2 Å². The summed E-state index contributed by atoms with van der Waals surface area (Å²) < 4.78 is 28.8. The second-order valence-corrected chi connectivity index (χ2v) is 7.98. The van der Waals surface area contributed by atoms with Gasteiger partial charge in [0.15, 0.2) is 9.84 Å². The van der Waals surface area contributed by atoms with E-state index in [0.717, 1.165) is 5.41 Å². The molecule has 1 amide bonds. The minimum atomic E-state index is -3.31. The average Bonchev–Trinajstić information content (AvgIpc) is 2.96. The third-order valence-corrected chi connectivity index (χ3v) is 5.51. The van der Waals surface area contributed by atoms with Crippen LogP contribution in [0.25, 0.3) is 0 Å². The van der Waals surface area contributed by atoms with Crippen LogP contribution in [-0.4, -0.2) is 33.2 Å². The molecule has 0 spiro atoms. The van der Waals surface area contributed by atoms with Gasteiger partial charge in [0.05, 0.1) is 18.9 Å². The predicted molar refractivity (Wildman–Crippen MR) is 98.0 cm³/mol. The summed E-state index contributed by atoms with van der Waals surface area (Å²) in [5.41, 5.74) is 0.982. The van der Waals surface area contributed by atoms with Crippen LogP contribution >= 0.6 is 11.6 Å². The zero-order valence-electron chi connectivity index (χ0n) is 13.4. The number of anilines is 1. The lowest BCUT2D eigenvalue weighted by Gasteiger charge is -2.28.